The van der Waals surface area contributed by atoms with Crippen LogP contribution in [-0.2, 0) is 14.0 Å². The van der Waals surface area contributed by atoms with Crippen molar-refractivity contribution in [3.05, 3.63) is 72.8 Å². The lowest BCUT2D eigenvalue weighted by atomic mass is 10.4. The first kappa shape index (κ1) is 22.0. The molecule has 1 saturated heterocycles. The molecule has 0 aliphatic carbocycles. The minimum absolute atomic E-state index is 0.272. The molecule has 2 atom stereocenters. The predicted octanol–water partition coefficient (Wildman–Crippen LogP) is 2.92. The molecule has 3 rings (SSSR count). The van der Waals surface area contributed by atoms with Crippen LogP contribution in [0, 0.1) is 0 Å². The third kappa shape index (κ3) is 5.25. The molecular weight excluding hydrogens is 409 g/mol. The van der Waals surface area contributed by atoms with Gasteiger partial charge in [0.1, 0.15) is 0 Å². The zero-order valence-corrected chi connectivity index (χ0v) is 21.2. The van der Waals surface area contributed by atoms with Crippen LogP contribution in [0.25, 0.3) is 0 Å². The minimum atomic E-state index is -2.15. The zero-order chi connectivity index (χ0) is 20.9. The van der Waals surface area contributed by atoms with Gasteiger partial charge in [0, 0.05) is 19.3 Å². The van der Waals surface area contributed by atoms with Crippen molar-refractivity contribution >= 4 is 40.3 Å². The van der Waals surface area contributed by atoms with E-state index in [1.54, 1.807) is 6.92 Å². The Bertz CT molecular complexity index is 801. The first-order valence-electron chi connectivity index (χ1n) is 10.5. The van der Waals surface area contributed by atoms with E-state index in [0.717, 1.165) is 6.42 Å². The number of ether oxygens (including phenoxy) is 1. The molecule has 1 fully saturated rings. The molecule has 29 heavy (non-hydrogen) atoms. The van der Waals surface area contributed by atoms with Crippen LogP contribution in [0.4, 0.5) is 0 Å². The van der Waals surface area contributed by atoms with E-state index in [4.69, 9.17) is 9.16 Å². The highest BCUT2D eigenvalue weighted by atomic mass is 29.6. The van der Waals surface area contributed by atoms with Crippen LogP contribution in [0.15, 0.2) is 72.8 Å². The van der Waals surface area contributed by atoms with Crippen LogP contribution in [0.3, 0.4) is 0 Å². The molecule has 1 heterocycles. The lowest BCUT2D eigenvalue weighted by Crippen LogP contribution is -2.75. The standard InChI is InChI=1S/C23H32O3Si3/c1-19(2)23(24)25-16-11-17-28(4)18-20(3)26-29(27-28,21-12-7-5-8-13-21)22-14-9-6-10-15-22/h5-10,12-15,20H,1,11,16-18,27H2,2-4H3. The zero-order valence-electron chi connectivity index (χ0n) is 17.8. The Morgan fingerprint density at radius 3 is 2.21 bits per heavy atom. The summed E-state index contributed by atoms with van der Waals surface area (Å²) in [7, 11) is -4.05. The van der Waals surface area contributed by atoms with Crippen LogP contribution in [0.1, 0.15) is 20.3 Å². The van der Waals surface area contributed by atoms with Gasteiger partial charge in [0.2, 0.25) is 7.83 Å². The molecular formula is C23H32O3Si3. The summed E-state index contributed by atoms with van der Waals surface area (Å²) in [6, 6.07) is 24.4. The van der Waals surface area contributed by atoms with Gasteiger partial charge in [-0.3, -0.25) is 0 Å². The van der Waals surface area contributed by atoms with Crippen molar-refractivity contribution in [3.63, 3.8) is 0 Å². The van der Waals surface area contributed by atoms with Crippen LogP contribution in [0.2, 0.25) is 18.6 Å². The SMILES string of the molecule is C=C(C)C(=O)OCCC[Si]1(C)CC(C)O[Si](c2ccccc2)(c2ccccc2)[SiH2]1. The highest BCUT2D eigenvalue weighted by Gasteiger charge is 2.51. The van der Waals surface area contributed by atoms with Crippen molar-refractivity contribution in [3.8, 4) is 0 Å². The van der Waals surface area contributed by atoms with Gasteiger partial charge in [-0.05, 0) is 36.7 Å². The normalized spacial score (nSPS) is 24.2. The Labute approximate surface area is 178 Å². The van der Waals surface area contributed by atoms with E-state index in [2.05, 4.69) is 80.7 Å². The van der Waals surface area contributed by atoms with Crippen molar-refractivity contribution in [1.82, 2.24) is 0 Å². The minimum Gasteiger partial charge on any atom is -0.462 e. The van der Waals surface area contributed by atoms with E-state index in [0.29, 0.717) is 12.2 Å². The molecule has 0 radical (unpaired) electrons. The van der Waals surface area contributed by atoms with Crippen molar-refractivity contribution in [1.29, 1.82) is 0 Å². The quantitative estimate of drug-likeness (QED) is 0.287. The van der Waals surface area contributed by atoms with E-state index in [-0.39, 0.29) is 12.1 Å². The largest absolute Gasteiger partial charge is 0.462 e. The molecule has 0 spiro atoms. The van der Waals surface area contributed by atoms with Gasteiger partial charge < -0.3 is 9.16 Å². The summed E-state index contributed by atoms with van der Waals surface area (Å²) in [5.74, 6) is -0.272. The first-order chi connectivity index (χ1) is 13.8. The highest BCUT2D eigenvalue weighted by Crippen LogP contribution is 2.30. The van der Waals surface area contributed by atoms with Crippen molar-refractivity contribution in [2.45, 2.75) is 45.0 Å². The number of carbonyl (C=O) groups excluding carboxylic acids is 1. The first-order valence-corrected chi connectivity index (χ1v) is 19.9. The molecule has 0 bridgehead atoms. The maximum absolute atomic E-state index is 11.7. The van der Waals surface area contributed by atoms with E-state index in [1.807, 2.05) is 0 Å². The molecule has 6 heteroatoms. The highest BCUT2D eigenvalue weighted by molar-refractivity contribution is 7.58. The van der Waals surface area contributed by atoms with E-state index >= 15 is 0 Å². The van der Waals surface area contributed by atoms with Gasteiger partial charge in [0.05, 0.1) is 15.2 Å². The summed E-state index contributed by atoms with van der Waals surface area (Å²) in [6.07, 6.45) is 1.24. The molecule has 0 aromatic heterocycles. The number of benzene rings is 2. The number of esters is 1. The van der Waals surface area contributed by atoms with Crippen molar-refractivity contribution in [2.75, 3.05) is 6.61 Å². The average Bonchev–Trinajstić information content (AvgIpc) is 2.71. The lowest BCUT2D eigenvalue weighted by molar-refractivity contribution is -0.138. The Morgan fingerprint density at radius 1 is 1.14 bits per heavy atom. The van der Waals surface area contributed by atoms with Gasteiger partial charge in [-0.15, -0.1) is 0 Å². The lowest BCUT2D eigenvalue weighted by Gasteiger charge is -2.47. The number of carbonyl (C=O) groups is 1. The molecule has 2 aromatic rings. The van der Waals surface area contributed by atoms with E-state index < -0.39 is 24.0 Å². The van der Waals surface area contributed by atoms with Crippen LogP contribution < -0.4 is 10.4 Å². The van der Waals surface area contributed by atoms with Crippen molar-refractivity contribution < 1.29 is 14.0 Å². The Hall–Kier alpha value is -1.74. The molecule has 0 N–H and O–H groups in total. The molecule has 2 aromatic carbocycles. The number of rotatable bonds is 7. The fraction of sp³-hybridized carbons (Fsp3) is 0.348. The number of hydrogen-bond acceptors (Lipinski definition) is 3. The summed E-state index contributed by atoms with van der Waals surface area (Å²) >= 11 is 0. The van der Waals surface area contributed by atoms with E-state index in [1.165, 1.54) is 22.5 Å². The Balaban J connectivity index is 1.84. The fourth-order valence-electron chi connectivity index (χ4n) is 4.69. The van der Waals surface area contributed by atoms with Crippen LogP contribution >= 0.6 is 0 Å². The maximum Gasteiger partial charge on any atom is 0.333 e. The third-order valence-electron chi connectivity index (χ3n) is 5.84. The second-order valence-corrected chi connectivity index (χ2v) is 29.0. The second kappa shape index (κ2) is 9.38. The smallest absolute Gasteiger partial charge is 0.333 e. The molecule has 1 aliphatic rings. The summed E-state index contributed by atoms with van der Waals surface area (Å²) in [6.45, 7) is 10.7. The number of hydrogen-bond donors (Lipinski definition) is 0. The van der Waals surface area contributed by atoms with Crippen LogP contribution in [0.5, 0.6) is 0 Å². The fourth-order valence-corrected chi connectivity index (χ4v) is 40.8. The van der Waals surface area contributed by atoms with Gasteiger partial charge in [0.15, 0.2) is 0 Å². The molecule has 3 nitrogen and oxygen atoms in total. The van der Waals surface area contributed by atoms with Gasteiger partial charge in [-0.25, -0.2) is 4.79 Å². The van der Waals surface area contributed by atoms with Crippen LogP contribution in [-0.4, -0.2) is 42.7 Å². The molecule has 154 valence electrons. The molecule has 1 aliphatic heterocycles. The second-order valence-electron chi connectivity index (χ2n) is 8.70. The monoisotopic (exact) mass is 440 g/mol. The molecule has 0 amide bonds. The average molecular weight is 441 g/mol. The predicted molar refractivity (Wildman–Crippen MR) is 129 cm³/mol. The molecule has 2 unspecified atom stereocenters. The summed E-state index contributed by atoms with van der Waals surface area (Å²) < 4.78 is 12.3. The topological polar surface area (TPSA) is 35.5 Å². The maximum atomic E-state index is 11.7. The van der Waals surface area contributed by atoms with Gasteiger partial charge in [-0.1, -0.05) is 79.8 Å². The summed E-state index contributed by atoms with van der Waals surface area (Å²) in [5, 5.41) is 2.86. The van der Waals surface area contributed by atoms with Crippen molar-refractivity contribution in [2.24, 2.45) is 0 Å². The Morgan fingerprint density at radius 2 is 1.69 bits per heavy atom. The van der Waals surface area contributed by atoms with Gasteiger partial charge in [0.25, 0.3) is 0 Å². The van der Waals surface area contributed by atoms with E-state index in [9.17, 15) is 4.79 Å². The van der Waals surface area contributed by atoms with Gasteiger partial charge in [-0.2, -0.15) is 0 Å². The summed E-state index contributed by atoms with van der Waals surface area (Å²) in [4.78, 5) is 11.7. The third-order valence-corrected chi connectivity index (χ3v) is 34.7. The summed E-state index contributed by atoms with van der Waals surface area (Å²) in [5.41, 5.74) is 0.474. The van der Waals surface area contributed by atoms with Gasteiger partial charge >= 0.3 is 5.97 Å². The molecule has 0 saturated carbocycles. The Kier molecular flexibility index (Phi) is 7.10.